The lowest BCUT2D eigenvalue weighted by molar-refractivity contribution is -0.139. The number of hydrogen-bond donors (Lipinski definition) is 1. The molecule has 0 aromatic carbocycles. The highest BCUT2D eigenvalue weighted by atomic mass is 16.4. The number of rotatable bonds is 1. The minimum Gasteiger partial charge on any atom is -0.481 e. The van der Waals surface area contributed by atoms with Gasteiger partial charge in [0, 0.05) is 0 Å². The third-order valence-electron chi connectivity index (χ3n) is 2.28. The summed E-state index contributed by atoms with van der Waals surface area (Å²) in [6, 6.07) is 0. The summed E-state index contributed by atoms with van der Waals surface area (Å²) in [4.78, 5) is 10.3. The Labute approximate surface area is 53.2 Å². The molecule has 0 heterocycles. The zero-order chi connectivity index (χ0) is 6.43. The lowest BCUT2D eigenvalue weighted by Crippen LogP contribution is -2.00. The Hall–Kier alpha value is -0.790. The standard InChI is InChI=1S/C7H8O2/c8-7(9)6-4-2-1-3-5(4)6/h1-2,4-6H,3H2,(H,8,9)/t4-,5+,6-/m1/s1. The fraction of sp³-hybridized carbons (Fsp3) is 0.571. The summed E-state index contributed by atoms with van der Waals surface area (Å²) in [5.41, 5.74) is 0. The van der Waals surface area contributed by atoms with Gasteiger partial charge in [-0.15, -0.1) is 0 Å². The van der Waals surface area contributed by atoms with Crippen LogP contribution in [0.3, 0.4) is 0 Å². The van der Waals surface area contributed by atoms with Gasteiger partial charge in [0.1, 0.15) is 0 Å². The van der Waals surface area contributed by atoms with E-state index in [0.29, 0.717) is 11.8 Å². The van der Waals surface area contributed by atoms with Crippen molar-refractivity contribution < 1.29 is 9.90 Å². The first-order valence-electron chi connectivity index (χ1n) is 3.20. The summed E-state index contributed by atoms with van der Waals surface area (Å²) >= 11 is 0. The van der Waals surface area contributed by atoms with E-state index in [4.69, 9.17) is 5.11 Å². The van der Waals surface area contributed by atoms with Crippen LogP contribution in [-0.2, 0) is 4.79 Å². The Morgan fingerprint density at radius 1 is 1.67 bits per heavy atom. The normalized spacial score (nSPS) is 44.7. The lowest BCUT2D eigenvalue weighted by atomic mass is 10.2. The van der Waals surface area contributed by atoms with E-state index in [2.05, 4.69) is 6.08 Å². The maximum absolute atomic E-state index is 10.3. The minimum absolute atomic E-state index is 0.0324. The van der Waals surface area contributed by atoms with Crippen LogP contribution in [0.2, 0.25) is 0 Å². The molecular formula is C7H8O2. The Bertz CT molecular complexity index is 183. The average Bonchev–Trinajstić information content (AvgIpc) is 2.30. The highest BCUT2D eigenvalue weighted by Gasteiger charge is 2.54. The largest absolute Gasteiger partial charge is 0.481 e. The Balaban J connectivity index is 2.10. The van der Waals surface area contributed by atoms with Crippen LogP contribution in [0, 0.1) is 17.8 Å². The second-order valence-corrected chi connectivity index (χ2v) is 2.77. The molecule has 0 aliphatic heterocycles. The Morgan fingerprint density at radius 2 is 2.44 bits per heavy atom. The van der Waals surface area contributed by atoms with Gasteiger partial charge >= 0.3 is 5.97 Å². The smallest absolute Gasteiger partial charge is 0.307 e. The number of carbonyl (C=O) groups is 1. The third kappa shape index (κ3) is 0.530. The molecule has 2 nitrogen and oxygen atoms in total. The van der Waals surface area contributed by atoms with Gasteiger partial charge in [-0.05, 0) is 18.3 Å². The number of aliphatic carboxylic acids is 1. The van der Waals surface area contributed by atoms with Gasteiger partial charge in [-0.2, -0.15) is 0 Å². The van der Waals surface area contributed by atoms with Crippen LogP contribution in [0.25, 0.3) is 0 Å². The molecule has 0 spiro atoms. The third-order valence-corrected chi connectivity index (χ3v) is 2.28. The van der Waals surface area contributed by atoms with E-state index in [1.165, 1.54) is 0 Å². The molecule has 0 aromatic rings. The van der Waals surface area contributed by atoms with Crippen LogP contribution in [0.5, 0.6) is 0 Å². The van der Waals surface area contributed by atoms with Gasteiger partial charge < -0.3 is 5.11 Å². The van der Waals surface area contributed by atoms with Crippen LogP contribution in [0.15, 0.2) is 12.2 Å². The van der Waals surface area contributed by atoms with Crippen LogP contribution in [0.4, 0.5) is 0 Å². The molecule has 9 heavy (non-hydrogen) atoms. The van der Waals surface area contributed by atoms with E-state index in [-0.39, 0.29) is 5.92 Å². The number of carboxylic acids is 1. The monoisotopic (exact) mass is 124 g/mol. The van der Waals surface area contributed by atoms with Crippen molar-refractivity contribution in [3.8, 4) is 0 Å². The first-order valence-corrected chi connectivity index (χ1v) is 3.20. The molecule has 1 fully saturated rings. The van der Waals surface area contributed by atoms with Gasteiger partial charge in [-0.25, -0.2) is 0 Å². The van der Waals surface area contributed by atoms with Crippen LogP contribution >= 0.6 is 0 Å². The molecule has 0 unspecified atom stereocenters. The second-order valence-electron chi connectivity index (χ2n) is 2.77. The zero-order valence-corrected chi connectivity index (χ0v) is 4.95. The van der Waals surface area contributed by atoms with Crippen molar-refractivity contribution >= 4 is 5.97 Å². The van der Waals surface area contributed by atoms with E-state index in [0.717, 1.165) is 6.42 Å². The summed E-state index contributed by atoms with van der Waals surface area (Å²) < 4.78 is 0. The second kappa shape index (κ2) is 1.38. The molecule has 0 aromatic heterocycles. The predicted molar refractivity (Wildman–Crippen MR) is 31.9 cm³/mol. The number of fused-ring (bicyclic) bond motifs is 1. The minimum atomic E-state index is -0.616. The molecule has 3 atom stereocenters. The molecule has 2 rings (SSSR count). The van der Waals surface area contributed by atoms with E-state index < -0.39 is 5.97 Å². The van der Waals surface area contributed by atoms with Gasteiger partial charge in [-0.1, -0.05) is 12.2 Å². The summed E-state index contributed by atoms with van der Waals surface area (Å²) in [5.74, 6) is 0.203. The molecule has 0 bridgehead atoms. The first kappa shape index (κ1) is 5.03. The topological polar surface area (TPSA) is 37.3 Å². The zero-order valence-electron chi connectivity index (χ0n) is 4.95. The van der Waals surface area contributed by atoms with Crippen molar-refractivity contribution in [3.63, 3.8) is 0 Å². The summed E-state index contributed by atoms with van der Waals surface area (Å²) in [6.07, 6.45) is 5.10. The molecule has 1 saturated carbocycles. The van der Waals surface area contributed by atoms with Crippen molar-refractivity contribution in [1.82, 2.24) is 0 Å². The maximum atomic E-state index is 10.3. The van der Waals surface area contributed by atoms with Gasteiger partial charge in [0.25, 0.3) is 0 Å². The van der Waals surface area contributed by atoms with Crippen molar-refractivity contribution in [2.24, 2.45) is 17.8 Å². The summed E-state index contributed by atoms with van der Waals surface area (Å²) in [6.45, 7) is 0. The van der Waals surface area contributed by atoms with Crippen molar-refractivity contribution in [1.29, 1.82) is 0 Å². The molecule has 0 amide bonds. The van der Waals surface area contributed by atoms with Gasteiger partial charge in [0.15, 0.2) is 0 Å². The Kier molecular flexibility index (Phi) is 0.770. The van der Waals surface area contributed by atoms with E-state index in [9.17, 15) is 4.79 Å². The number of carboxylic acid groups (broad SMARTS) is 1. The molecule has 48 valence electrons. The fourth-order valence-corrected chi connectivity index (χ4v) is 1.71. The molecule has 2 heteroatoms. The molecular weight excluding hydrogens is 116 g/mol. The van der Waals surface area contributed by atoms with Crippen LogP contribution < -0.4 is 0 Å². The number of allylic oxidation sites excluding steroid dienone is 2. The van der Waals surface area contributed by atoms with Crippen LogP contribution in [0.1, 0.15) is 6.42 Å². The molecule has 0 radical (unpaired) electrons. The van der Waals surface area contributed by atoms with Gasteiger partial charge in [0.2, 0.25) is 0 Å². The summed E-state index contributed by atoms with van der Waals surface area (Å²) in [5, 5.41) is 8.53. The van der Waals surface area contributed by atoms with Gasteiger partial charge in [-0.3, -0.25) is 4.79 Å². The molecule has 0 saturated heterocycles. The van der Waals surface area contributed by atoms with E-state index in [1.54, 1.807) is 0 Å². The quantitative estimate of drug-likeness (QED) is 0.527. The molecule has 2 aliphatic carbocycles. The van der Waals surface area contributed by atoms with E-state index >= 15 is 0 Å². The van der Waals surface area contributed by atoms with E-state index in [1.807, 2.05) is 6.08 Å². The van der Waals surface area contributed by atoms with Crippen molar-refractivity contribution in [2.45, 2.75) is 6.42 Å². The SMILES string of the molecule is O=C(O)[C@@H]1[C@@H]2C=CC[C@@H]21. The van der Waals surface area contributed by atoms with Gasteiger partial charge in [0.05, 0.1) is 5.92 Å². The highest BCUT2D eigenvalue weighted by molar-refractivity contribution is 5.75. The molecule has 2 aliphatic rings. The Morgan fingerprint density at radius 3 is 2.78 bits per heavy atom. The predicted octanol–water partition coefficient (Wildman–Crippen LogP) is 0.893. The van der Waals surface area contributed by atoms with Crippen molar-refractivity contribution in [3.05, 3.63) is 12.2 Å². The summed E-state index contributed by atoms with van der Waals surface area (Å²) in [7, 11) is 0. The highest BCUT2D eigenvalue weighted by Crippen LogP contribution is 2.53. The van der Waals surface area contributed by atoms with Crippen molar-refractivity contribution in [2.75, 3.05) is 0 Å². The van der Waals surface area contributed by atoms with Crippen LogP contribution in [-0.4, -0.2) is 11.1 Å². The molecule has 1 N–H and O–H groups in total. The fourth-order valence-electron chi connectivity index (χ4n) is 1.71. The number of hydrogen-bond acceptors (Lipinski definition) is 1. The first-order chi connectivity index (χ1) is 4.30. The average molecular weight is 124 g/mol. The lowest BCUT2D eigenvalue weighted by Gasteiger charge is -1.88. The maximum Gasteiger partial charge on any atom is 0.307 e.